The van der Waals surface area contributed by atoms with Gasteiger partial charge in [-0.15, -0.1) is 0 Å². The molecule has 4 aromatic carbocycles. The molecular weight excluding hydrogens is 599 g/mol. The number of carbonyl (C=O) groups excluding carboxylic acids is 1. The van der Waals surface area contributed by atoms with Crippen LogP contribution in [0.25, 0.3) is 0 Å². The Morgan fingerprint density at radius 2 is 1.75 bits per heavy atom. The molecule has 2 aliphatic heterocycles. The Morgan fingerprint density at radius 1 is 1.00 bits per heavy atom. The number of hydrogen-bond acceptors (Lipinski definition) is 5. The highest BCUT2D eigenvalue weighted by molar-refractivity contribution is 6.42. The summed E-state index contributed by atoms with van der Waals surface area (Å²) in [5, 5.41) is 14.1. The first-order valence-corrected chi connectivity index (χ1v) is 15.4. The molecule has 0 spiro atoms. The number of carboxylic acid groups (broad SMARTS) is 1. The fourth-order valence-electron chi connectivity index (χ4n) is 6.01. The molecule has 0 fully saturated rings. The second kappa shape index (κ2) is 12.9. The van der Waals surface area contributed by atoms with E-state index in [0.29, 0.717) is 53.2 Å². The van der Waals surface area contributed by atoms with E-state index < -0.39 is 18.1 Å². The molecule has 0 aromatic heterocycles. The van der Waals surface area contributed by atoms with Crippen LogP contribution in [0.3, 0.4) is 0 Å². The van der Waals surface area contributed by atoms with Crippen LogP contribution in [0.4, 0.5) is 5.69 Å². The number of hydrogen-bond donors (Lipinski definition) is 2. The van der Waals surface area contributed by atoms with Gasteiger partial charge in [-0.3, -0.25) is 14.5 Å². The van der Waals surface area contributed by atoms with Crippen molar-refractivity contribution in [2.75, 3.05) is 5.32 Å². The smallest absolute Gasteiger partial charge is 0.321 e. The lowest BCUT2D eigenvalue weighted by molar-refractivity contribution is -0.145. The fourth-order valence-corrected chi connectivity index (χ4v) is 6.33. The number of anilines is 1. The number of benzene rings is 4. The van der Waals surface area contributed by atoms with Crippen molar-refractivity contribution in [1.29, 1.82) is 0 Å². The van der Waals surface area contributed by atoms with E-state index >= 15 is 0 Å². The van der Waals surface area contributed by atoms with Gasteiger partial charge in [-0.2, -0.15) is 0 Å². The molecule has 4 aromatic rings. The van der Waals surface area contributed by atoms with Crippen LogP contribution in [0, 0.1) is 0 Å². The third-order valence-corrected chi connectivity index (χ3v) is 9.02. The molecule has 9 heteroatoms. The number of carboxylic acids is 1. The minimum atomic E-state index is -0.853. The fraction of sp³-hybridized carbons (Fsp3) is 0.257. The van der Waals surface area contributed by atoms with E-state index in [1.807, 2.05) is 72.8 Å². The van der Waals surface area contributed by atoms with Gasteiger partial charge in [0.15, 0.2) is 6.10 Å². The van der Waals surface area contributed by atoms with Gasteiger partial charge >= 0.3 is 5.97 Å². The number of nitrogens with zero attached hydrogens (tertiary/aromatic N) is 1. The van der Waals surface area contributed by atoms with Crippen molar-refractivity contribution in [3.05, 3.63) is 123 Å². The number of halogens is 2. The molecule has 6 rings (SSSR count). The van der Waals surface area contributed by atoms with Gasteiger partial charge < -0.3 is 19.9 Å². The second-order valence-corrected chi connectivity index (χ2v) is 12.0. The lowest BCUT2D eigenvalue weighted by atomic mass is 9.89. The summed E-state index contributed by atoms with van der Waals surface area (Å²) in [4.78, 5) is 27.5. The van der Waals surface area contributed by atoms with Crippen LogP contribution in [0.2, 0.25) is 10.0 Å². The van der Waals surface area contributed by atoms with Crippen LogP contribution in [0.1, 0.15) is 47.2 Å². The summed E-state index contributed by atoms with van der Waals surface area (Å²) in [6.07, 6.45) is 0.805. The maximum atomic E-state index is 13.0. The molecule has 0 aliphatic carbocycles. The van der Waals surface area contributed by atoms with Crippen LogP contribution in [0.15, 0.2) is 84.9 Å². The molecule has 0 unspecified atom stereocenters. The van der Waals surface area contributed by atoms with Crippen LogP contribution in [-0.4, -0.2) is 34.0 Å². The Bertz CT molecular complexity index is 1680. The molecular formula is C35H32Cl2N2O5. The van der Waals surface area contributed by atoms with Gasteiger partial charge in [0.1, 0.15) is 24.1 Å². The van der Waals surface area contributed by atoms with Gasteiger partial charge in [0.05, 0.1) is 15.7 Å². The predicted octanol–water partition coefficient (Wildman–Crippen LogP) is 7.48. The van der Waals surface area contributed by atoms with E-state index in [-0.39, 0.29) is 11.9 Å². The predicted molar refractivity (Wildman–Crippen MR) is 171 cm³/mol. The van der Waals surface area contributed by atoms with E-state index in [2.05, 4.69) is 17.1 Å². The van der Waals surface area contributed by atoms with Crippen molar-refractivity contribution in [2.45, 2.75) is 57.5 Å². The van der Waals surface area contributed by atoms with Gasteiger partial charge in [0.25, 0.3) is 5.91 Å². The van der Waals surface area contributed by atoms with Crippen molar-refractivity contribution in [1.82, 2.24) is 4.90 Å². The van der Waals surface area contributed by atoms with Crippen molar-refractivity contribution in [3.63, 3.8) is 0 Å². The normalized spacial score (nSPS) is 18.4. The van der Waals surface area contributed by atoms with Crippen molar-refractivity contribution >= 4 is 40.8 Å². The summed E-state index contributed by atoms with van der Waals surface area (Å²) in [5.74, 6) is 0.195. The third kappa shape index (κ3) is 6.41. The largest absolute Gasteiger partial charge is 0.489 e. The zero-order chi connectivity index (χ0) is 30.8. The molecule has 7 nitrogen and oxygen atoms in total. The molecule has 2 aliphatic rings. The summed E-state index contributed by atoms with van der Waals surface area (Å²) >= 11 is 12.1. The van der Waals surface area contributed by atoms with E-state index in [4.69, 9.17) is 32.7 Å². The van der Waals surface area contributed by atoms with E-state index in [1.165, 1.54) is 0 Å². The number of aliphatic carboxylic acids is 1. The number of carbonyl (C=O) groups is 2. The van der Waals surface area contributed by atoms with Crippen LogP contribution >= 0.6 is 23.2 Å². The minimum absolute atomic E-state index is 0.0363. The molecule has 0 saturated heterocycles. The Morgan fingerprint density at radius 3 is 2.45 bits per heavy atom. The number of fused-ring (bicyclic) bond motifs is 2. The van der Waals surface area contributed by atoms with Crippen molar-refractivity contribution in [2.24, 2.45) is 0 Å². The number of amides is 1. The van der Waals surface area contributed by atoms with Crippen LogP contribution in [0.5, 0.6) is 11.5 Å². The maximum Gasteiger partial charge on any atom is 0.321 e. The molecule has 2 N–H and O–H groups in total. The lowest BCUT2D eigenvalue weighted by Gasteiger charge is -2.40. The first-order chi connectivity index (χ1) is 21.3. The molecule has 226 valence electrons. The molecule has 2 heterocycles. The van der Waals surface area contributed by atoms with E-state index in [0.717, 1.165) is 34.2 Å². The minimum Gasteiger partial charge on any atom is -0.489 e. The summed E-state index contributed by atoms with van der Waals surface area (Å²) in [6, 6.07) is 26.1. The molecule has 44 heavy (non-hydrogen) atoms. The second-order valence-electron chi connectivity index (χ2n) is 11.2. The Hall–Kier alpha value is -4.04. The highest BCUT2D eigenvalue weighted by Gasteiger charge is 2.37. The zero-order valence-electron chi connectivity index (χ0n) is 24.1. The van der Waals surface area contributed by atoms with Crippen molar-refractivity contribution < 1.29 is 24.2 Å². The number of ether oxygens (including phenoxy) is 2. The standard InChI is InChI=1S/C35H32Cl2N2O5/c1-2-30(23-6-4-3-5-7-23)39-19-25-18-32-29(16-24(25)17-31(39)35(41)42)38-34(40)33(44-32)15-21-8-11-26(12-9-21)43-20-22-10-13-27(36)28(37)14-22/h3-14,16,18,30-31,33H,2,15,17,19-20H2,1H3,(H,38,40)(H,41,42)/t30-,31-,33+/m0/s1. The quantitative estimate of drug-likeness (QED) is 0.199. The third-order valence-electron chi connectivity index (χ3n) is 8.28. The van der Waals surface area contributed by atoms with Crippen LogP contribution in [-0.2, 0) is 35.6 Å². The van der Waals surface area contributed by atoms with E-state index in [1.54, 1.807) is 12.1 Å². The summed E-state index contributed by atoms with van der Waals surface area (Å²) < 4.78 is 12.1. The van der Waals surface area contributed by atoms with Gasteiger partial charge in [-0.25, -0.2) is 0 Å². The average Bonchev–Trinajstić information content (AvgIpc) is 3.02. The SMILES string of the molecule is CC[C@@H](c1ccccc1)N1Cc2cc3c(cc2C[C@H]1C(=O)O)NC(=O)[C@@H](Cc1ccc(OCc2ccc(Cl)c(Cl)c2)cc1)O3. The first-order valence-electron chi connectivity index (χ1n) is 14.6. The first kappa shape index (κ1) is 30.0. The van der Waals surface area contributed by atoms with Gasteiger partial charge in [0, 0.05) is 19.0 Å². The highest BCUT2D eigenvalue weighted by atomic mass is 35.5. The summed E-state index contributed by atoms with van der Waals surface area (Å²) in [5.41, 5.74) is 5.42. The number of nitrogens with one attached hydrogen (secondary N) is 1. The molecule has 3 atom stereocenters. The Balaban J connectivity index is 1.15. The number of rotatable bonds is 9. The van der Waals surface area contributed by atoms with Crippen LogP contribution < -0.4 is 14.8 Å². The Kier molecular flexibility index (Phi) is 8.80. The van der Waals surface area contributed by atoms with Crippen molar-refractivity contribution in [3.8, 4) is 11.5 Å². The summed E-state index contributed by atoms with van der Waals surface area (Å²) in [7, 11) is 0. The molecule has 1 amide bonds. The Labute approximate surface area is 266 Å². The zero-order valence-corrected chi connectivity index (χ0v) is 25.6. The van der Waals surface area contributed by atoms with Gasteiger partial charge in [-0.05, 0) is 77.1 Å². The molecule has 0 bridgehead atoms. The van der Waals surface area contributed by atoms with Gasteiger partial charge in [0.2, 0.25) is 0 Å². The van der Waals surface area contributed by atoms with Gasteiger partial charge in [-0.1, -0.05) is 78.7 Å². The molecule has 0 radical (unpaired) electrons. The van der Waals surface area contributed by atoms with E-state index in [9.17, 15) is 14.7 Å². The highest BCUT2D eigenvalue weighted by Crippen LogP contribution is 2.39. The molecule has 0 saturated carbocycles. The maximum absolute atomic E-state index is 13.0. The topological polar surface area (TPSA) is 88.1 Å². The summed E-state index contributed by atoms with van der Waals surface area (Å²) in [6.45, 7) is 2.90. The average molecular weight is 632 g/mol. The lowest BCUT2D eigenvalue weighted by Crippen LogP contribution is -2.47. The monoisotopic (exact) mass is 630 g/mol.